The summed E-state index contributed by atoms with van der Waals surface area (Å²) in [7, 11) is 1.37. The smallest absolute Gasteiger partial charge is 0.337 e. The Balaban J connectivity index is 1.56. The van der Waals surface area contributed by atoms with Crippen molar-refractivity contribution in [1.82, 2.24) is 4.90 Å². The highest BCUT2D eigenvalue weighted by atomic mass is 16.5. The van der Waals surface area contributed by atoms with Crippen molar-refractivity contribution in [2.45, 2.75) is 6.92 Å². The number of rotatable bonds is 3. The number of hydrogen-bond donors (Lipinski definition) is 1. The molecule has 0 spiro atoms. The number of carbonyl (C=O) groups excluding carboxylic acids is 2. The summed E-state index contributed by atoms with van der Waals surface area (Å²) in [5.74, 6) is -0.339. The number of anilines is 2. The predicted octanol–water partition coefficient (Wildman–Crippen LogP) is 3.14. The van der Waals surface area contributed by atoms with Crippen LogP contribution >= 0.6 is 0 Å². The van der Waals surface area contributed by atoms with Gasteiger partial charge in [0.15, 0.2) is 0 Å². The second-order valence-corrected chi connectivity index (χ2v) is 6.26. The lowest BCUT2D eigenvalue weighted by atomic mass is 10.2. The van der Waals surface area contributed by atoms with E-state index in [0.29, 0.717) is 18.7 Å². The quantitative estimate of drug-likeness (QED) is 0.861. The minimum absolute atomic E-state index is 0.0695. The van der Waals surface area contributed by atoms with Gasteiger partial charge in [-0.05, 0) is 42.8 Å². The number of methoxy groups -OCH3 is 1. The van der Waals surface area contributed by atoms with Gasteiger partial charge in [0, 0.05) is 37.6 Å². The van der Waals surface area contributed by atoms with E-state index in [9.17, 15) is 9.59 Å². The summed E-state index contributed by atoms with van der Waals surface area (Å²) in [5.41, 5.74) is 3.47. The van der Waals surface area contributed by atoms with Crippen molar-refractivity contribution >= 4 is 23.4 Å². The molecule has 0 aromatic heterocycles. The van der Waals surface area contributed by atoms with Crippen LogP contribution in [0, 0.1) is 6.92 Å². The fourth-order valence-corrected chi connectivity index (χ4v) is 3.00. The van der Waals surface area contributed by atoms with Crippen LogP contribution in [0.3, 0.4) is 0 Å². The van der Waals surface area contributed by atoms with E-state index in [4.69, 9.17) is 4.74 Å². The number of benzene rings is 2. The summed E-state index contributed by atoms with van der Waals surface area (Å²) in [6.45, 7) is 4.77. The second-order valence-electron chi connectivity index (χ2n) is 6.26. The zero-order chi connectivity index (χ0) is 18.5. The molecule has 2 amide bonds. The monoisotopic (exact) mass is 353 g/mol. The molecule has 3 rings (SSSR count). The second kappa shape index (κ2) is 7.91. The average Bonchev–Trinajstić information content (AvgIpc) is 2.69. The third-order valence-electron chi connectivity index (χ3n) is 4.61. The van der Waals surface area contributed by atoms with Gasteiger partial charge in [-0.15, -0.1) is 0 Å². The zero-order valence-corrected chi connectivity index (χ0v) is 15.1. The summed E-state index contributed by atoms with van der Waals surface area (Å²) in [6, 6.07) is 15.0. The molecule has 0 radical (unpaired) electrons. The molecule has 6 nitrogen and oxygen atoms in total. The molecular formula is C20H23N3O3. The molecule has 0 aliphatic carbocycles. The average molecular weight is 353 g/mol. The van der Waals surface area contributed by atoms with Crippen LogP contribution in [-0.2, 0) is 4.74 Å². The Morgan fingerprint density at radius 2 is 1.62 bits per heavy atom. The topological polar surface area (TPSA) is 61.9 Å². The standard InChI is InChI=1S/C20H23N3O3/c1-15-5-3-4-6-18(15)21-20(25)23-13-11-22(12-14-23)17-9-7-16(8-10-17)19(24)26-2/h3-10H,11-14H2,1-2H3,(H,21,25). The molecule has 1 fully saturated rings. The van der Waals surface area contributed by atoms with Gasteiger partial charge < -0.3 is 19.9 Å². The number of nitrogens with zero attached hydrogens (tertiary/aromatic N) is 2. The molecule has 0 saturated carbocycles. The number of aryl methyl sites for hydroxylation is 1. The zero-order valence-electron chi connectivity index (χ0n) is 15.1. The summed E-state index contributed by atoms with van der Waals surface area (Å²) < 4.78 is 4.72. The summed E-state index contributed by atoms with van der Waals surface area (Å²) in [5, 5.41) is 2.98. The molecule has 6 heteroatoms. The first-order valence-electron chi connectivity index (χ1n) is 8.63. The van der Waals surface area contributed by atoms with E-state index in [0.717, 1.165) is 30.0 Å². The maximum Gasteiger partial charge on any atom is 0.337 e. The van der Waals surface area contributed by atoms with Crippen LogP contribution in [0.25, 0.3) is 0 Å². The SMILES string of the molecule is COC(=O)c1ccc(N2CCN(C(=O)Nc3ccccc3C)CC2)cc1. The first-order valence-corrected chi connectivity index (χ1v) is 8.63. The van der Waals surface area contributed by atoms with Crippen molar-refractivity contribution in [1.29, 1.82) is 0 Å². The molecule has 2 aromatic rings. The highest BCUT2D eigenvalue weighted by molar-refractivity contribution is 5.90. The molecule has 0 bridgehead atoms. The lowest BCUT2D eigenvalue weighted by Crippen LogP contribution is -2.50. The first kappa shape index (κ1) is 17.8. The Kier molecular flexibility index (Phi) is 5.41. The van der Waals surface area contributed by atoms with E-state index >= 15 is 0 Å². The molecular weight excluding hydrogens is 330 g/mol. The van der Waals surface area contributed by atoms with Gasteiger partial charge >= 0.3 is 12.0 Å². The number of esters is 1. The Hall–Kier alpha value is -3.02. The number of piperazine rings is 1. The molecule has 1 aliphatic heterocycles. The van der Waals surface area contributed by atoms with Crippen LogP contribution in [0.4, 0.5) is 16.2 Å². The van der Waals surface area contributed by atoms with Gasteiger partial charge in [0.05, 0.1) is 12.7 Å². The lowest BCUT2D eigenvalue weighted by molar-refractivity contribution is 0.0600. The fraction of sp³-hybridized carbons (Fsp3) is 0.300. The molecule has 0 atom stereocenters. The normalized spacial score (nSPS) is 14.1. The van der Waals surface area contributed by atoms with Crippen LogP contribution in [0.15, 0.2) is 48.5 Å². The molecule has 1 saturated heterocycles. The van der Waals surface area contributed by atoms with Crippen LogP contribution in [0.5, 0.6) is 0 Å². The van der Waals surface area contributed by atoms with E-state index in [-0.39, 0.29) is 12.0 Å². The largest absolute Gasteiger partial charge is 0.465 e. The van der Waals surface area contributed by atoms with Gasteiger partial charge in [-0.2, -0.15) is 0 Å². The van der Waals surface area contributed by atoms with Crippen molar-refractivity contribution in [3.63, 3.8) is 0 Å². The number of ether oxygens (including phenoxy) is 1. The highest BCUT2D eigenvalue weighted by Gasteiger charge is 2.21. The number of carbonyl (C=O) groups is 2. The molecule has 26 heavy (non-hydrogen) atoms. The summed E-state index contributed by atoms with van der Waals surface area (Å²) in [4.78, 5) is 28.0. The van der Waals surface area contributed by atoms with Crippen molar-refractivity contribution in [2.24, 2.45) is 0 Å². The number of urea groups is 1. The third kappa shape index (κ3) is 3.96. The van der Waals surface area contributed by atoms with Crippen molar-refractivity contribution < 1.29 is 14.3 Å². The van der Waals surface area contributed by atoms with Crippen LogP contribution < -0.4 is 10.2 Å². The van der Waals surface area contributed by atoms with E-state index in [1.165, 1.54) is 7.11 Å². The van der Waals surface area contributed by atoms with Crippen LogP contribution in [0.1, 0.15) is 15.9 Å². The van der Waals surface area contributed by atoms with E-state index < -0.39 is 0 Å². The number of nitrogens with one attached hydrogen (secondary N) is 1. The summed E-state index contributed by atoms with van der Waals surface area (Å²) in [6.07, 6.45) is 0. The van der Waals surface area contributed by atoms with E-state index in [1.54, 1.807) is 12.1 Å². The number of hydrogen-bond acceptors (Lipinski definition) is 4. The van der Waals surface area contributed by atoms with Crippen molar-refractivity contribution in [3.05, 3.63) is 59.7 Å². The van der Waals surface area contributed by atoms with E-state index in [2.05, 4.69) is 10.2 Å². The molecule has 0 unspecified atom stereocenters. The van der Waals surface area contributed by atoms with Crippen LogP contribution in [-0.4, -0.2) is 50.2 Å². The highest BCUT2D eigenvalue weighted by Crippen LogP contribution is 2.19. The van der Waals surface area contributed by atoms with Crippen LogP contribution in [0.2, 0.25) is 0 Å². The maximum atomic E-state index is 12.5. The van der Waals surface area contributed by atoms with Gasteiger partial charge in [-0.1, -0.05) is 18.2 Å². The molecule has 136 valence electrons. The Labute approximate surface area is 153 Å². The van der Waals surface area contributed by atoms with E-state index in [1.807, 2.05) is 48.2 Å². The third-order valence-corrected chi connectivity index (χ3v) is 4.61. The van der Waals surface area contributed by atoms with Crippen molar-refractivity contribution in [3.8, 4) is 0 Å². The Bertz CT molecular complexity index is 781. The lowest BCUT2D eigenvalue weighted by Gasteiger charge is -2.36. The first-order chi connectivity index (χ1) is 12.6. The molecule has 2 aromatic carbocycles. The Morgan fingerprint density at radius 3 is 2.23 bits per heavy atom. The van der Waals surface area contributed by atoms with Gasteiger partial charge in [0.2, 0.25) is 0 Å². The van der Waals surface area contributed by atoms with Gasteiger partial charge in [0.25, 0.3) is 0 Å². The molecule has 1 N–H and O–H groups in total. The number of amides is 2. The fourth-order valence-electron chi connectivity index (χ4n) is 3.00. The predicted molar refractivity (Wildman–Crippen MR) is 102 cm³/mol. The van der Waals surface area contributed by atoms with Gasteiger partial charge in [0.1, 0.15) is 0 Å². The molecule has 1 heterocycles. The van der Waals surface area contributed by atoms with Gasteiger partial charge in [-0.25, -0.2) is 9.59 Å². The minimum atomic E-state index is -0.339. The van der Waals surface area contributed by atoms with Gasteiger partial charge in [-0.3, -0.25) is 0 Å². The minimum Gasteiger partial charge on any atom is -0.465 e. The molecule has 1 aliphatic rings. The van der Waals surface area contributed by atoms with Crippen molar-refractivity contribution in [2.75, 3.05) is 43.5 Å². The Morgan fingerprint density at radius 1 is 0.962 bits per heavy atom. The maximum absolute atomic E-state index is 12.5. The summed E-state index contributed by atoms with van der Waals surface area (Å²) >= 11 is 0. The number of para-hydroxylation sites is 1.